The molecular weight excluding hydrogens is 408 g/mol. The first-order valence-electron chi connectivity index (χ1n) is 12.2. The number of fused-ring (bicyclic) bond motifs is 1. The van der Waals surface area contributed by atoms with Gasteiger partial charge in [0.15, 0.2) is 17.2 Å². The van der Waals surface area contributed by atoms with Crippen LogP contribution in [0.2, 0.25) is 0 Å². The van der Waals surface area contributed by atoms with E-state index in [0.29, 0.717) is 36.6 Å². The highest BCUT2D eigenvalue weighted by molar-refractivity contribution is 5.83. The molecule has 4 fully saturated rings. The zero-order chi connectivity index (χ0) is 21.9. The third-order valence-electron chi connectivity index (χ3n) is 9.80. The average Bonchev–Trinajstić information content (AvgIpc) is 3.41. The summed E-state index contributed by atoms with van der Waals surface area (Å²) in [4.78, 5) is 18.2. The summed E-state index contributed by atoms with van der Waals surface area (Å²) in [6, 6.07) is 2.78. The molecule has 5 heterocycles. The number of piperidine rings is 1. The summed E-state index contributed by atoms with van der Waals surface area (Å²) >= 11 is 0. The first-order chi connectivity index (χ1) is 15.6. The van der Waals surface area contributed by atoms with Gasteiger partial charge in [0, 0.05) is 24.5 Å². The molecule has 172 valence electrons. The Labute approximate surface area is 188 Å². The predicted octanol–water partition coefficient (Wildman–Crippen LogP) is 3.22. The fraction of sp³-hybridized carbons (Fsp3) is 0.720. The van der Waals surface area contributed by atoms with Crippen LogP contribution in [-0.4, -0.2) is 62.6 Å². The third-order valence-corrected chi connectivity index (χ3v) is 9.80. The van der Waals surface area contributed by atoms with Crippen LogP contribution in [0.4, 0.5) is 5.69 Å². The number of hydrogen-bond acceptors (Lipinski definition) is 7. The third kappa shape index (κ3) is 1.79. The molecule has 0 bridgehead atoms. The number of ether oxygens (including phenoxy) is 4. The van der Waals surface area contributed by atoms with Crippen LogP contribution < -0.4 is 19.1 Å². The van der Waals surface area contributed by atoms with E-state index < -0.39 is 5.72 Å². The van der Waals surface area contributed by atoms with Gasteiger partial charge in [-0.2, -0.15) is 0 Å². The number of methoxy groups -OCH3 is 2. The van der Waals surface area contributed by atoms with Crippen molar-refractivity contribution in [2.45, 2.75) is 75.1 Å². The molecule has 1 aromatic carbocycles. The average molecular weight is 441 g/mol. The van der Waals surface area contributed by atoms with E-state index in [1.54, 1.807) is 14.2 Å². The van der Waals surface area contributed by atoms with Gasteiger partial charge in [0.1, 0.15) is 6.61 Å². The number of esters is 1. The molecule has 0 radical (unpaired) electrons. The van der Waals surface area contributed by atoms with E-state index in [4.69, 9.17) is 18.9 Å². The number of benzene rings is 1. The lowest BCUT2D eigenvalue weighted by Gasteiger charge is -2.62. The van der Waals surface area contributed by atoms with E-state index in [1.807, 2.05) is 0 Å². The van der Waals surface area contributed by atoms with E-state index in [2.05, 4.69) is 22.8 Å². The predicted molar refractivity (Wildman–Crippen MR) is 118 cm³/mol. The number of carbonyl (C=O) groups excluding carboxylic acids is 1. The van der Waals surface area contributed by atoms with Crippen molar-refractivity contribution in [3.05, 3.63) is 11.6 Å². The molecule has 1 aromatic rings. The Morgan fingerprint density at radius 3 is 2.84 bits per heavy atom. The van der Waals surface area contributed by atoms with E-state index in [0.717, 1.165) is 63.1 Å². The number of anilines is 1. The standard InChI is InChI=1S/C25H32N2O5/c1-4-15-14-31-22-20-16(12-17(29-2)21(22)30-3)24-9-11-26-10-5-7-23(8-6-18(24)27(15)20)13-19(28)32-25(23,24)26/h12,15,18H,4-11,13-14H2,1-3H3. The van der Waals surface area contributed by atoms with Crippen molar-refractivity contribution in [3.8, 4) is 17.2 Å². The van der Waals surface area contributed by atoms with Gasteiger partial charge in [-0.05, 0) is 50.2 Å². The Balaban J connectivity index is 1.56. The van der Waals surface area contributed by atoms with Gasteiger partial charge in [0.05, 0.1) is 37.8 Å². The lowest BCUT2D eigenvalue weighted by molar-refractivity contribution is -0.230. The summed E-state index contributed by atoms with van der Waals surface area (Å²) < 4.78 is 24.6. The monoisotopic (exact) mass is 440 g/mol. The summed E-state index contributed by atoms with van der Waals surface area (Å²) in [6.07, 6.45) is 6.93. The maximum absolute atomic E-state index is 13.0. The molecule has 0 aromatic heterocycles. The van der Waals surface area contributed by atoms with Crippen LogP contribution in [0, 0.1) is 5.41 Å². The molecule has 5 aliphatic heterocycles. The molecule has 32 heavy (non-hydrogen) atoms. The quantitative estimate of drug-likeness (QED) is 0.669. The summed E-state index contributed by atoms with van der Waals surface area (Å²) in [5.74, 6) is 2.16. The van der Waals surface area contributed by atoms with Gasteiger partial charge < -0.3 is 23.8 Å². The highest BCUT2D eigenvalue weighted by atomic mass is 16.6. The van der Waals surface area contributed by atoms with Crippen molar-refractivity contribution >= 4 is 11.7 Å². The van der Waals surface area contributed by atoms with Crippen LogP contribution in [0.1, 0.15) is 57.4 Å². The number of hydrogen-bond donors (Lipinski definition) is 0. The Kier molecular flexibility index (Phi) is 3.65. The maximum Gasteiger partial charge on any atom is 0.308 e. The van der Waals surface area contributed by atoms with E-state index in [9.17, 15) is 4.79 Å². The fourth-order valence-corrected chi connectivity index (χ4v) is 8.88. The largest absolute Gasteiger partial charge is 0.493 e. The van der Waals surface area contributed by atoms with Gasteiger partial charge in [-0.15, -0.1) is 0 Å². The molecule has 5 atom stereocenters. The molecule has 0 N–H and O–H groups in total. The second kappa shape index (κ2) is 6.04. The molecule has 0 amide bonds. The lowest BCUT2D eigenvalue weighted by Crippen LogP contribution is -2.73. The molecule has 1 saturated carbocycles. The van der Waals surface area contributed by atoms with Crippen LogP contribution in [-0.2, 0) is 14.9 Å². The summed E-state index contributed by atoms with van der Waals surface area (Å²) in [5.41, 5.74) is 1.50. The van der Waals surface area contributed by atoms with Crippen LogP contribution in [0.25, 0.3) is 0 Å². The van der Waals surface area contributed by atoms with Crippen molar-refractivity contribution in [2.75, 3.05) is 38.8 Å². The summed E-state index contributed by atoms with van der Waals surface area (Å²) in [7, 11) is 3.37. The van der Waals surface area contributed by atoms with Gasteiger partial charge in [-0.3, -0.25) is 9.69 Å². The molecule has 5 unspecified atom stereocenters. The zero-order valence-electron chi connectivity index (χ0n) is 19.2. The minimum Gasteiger partial charge on any atom is -0.493 e. The van der Waals surface area contributed by atoms with Crippen molar-refractivity contribution in [1.82, 2.24) is 4.90 Å². The number of nitrogens with zero attached hydrogens (tertiary/aromatic N) is 2. The molecule has 3 saturated heterocycles. The molecule has 7 heteroatoms. The van der Waals surface area contributed by atoms with E-state index >= 15 is 0 Å². The summed E-state index contributed by atoms with van der Waals surface area (Å²) in [6.45, 7) is 4.86. The second-order valence-corrected chi connectivity index (χ2v) is 10.6. The minimum absolute atomic E-state index is 0.0160. The van der Waals surface area contributed by atoms with Gasteiger partial charge in [0.25, 0.3) is 0 Å². The normalized spacial score (nSPS) is 40.7. The fourth-order valence-electron chi connectivity index (χ4n) is 8.88. The first kappa shape index (κ1) is 19.3. The zero-order valence-corrected chi connectivity index (χ0v) is 19.2. The van der Waals surface area contributed by atoms with Crippen LogP contribution >= 0.6 is 0 Å². The van der Waals surface area contributed by atoms with Crippen molar-refractivity contribution in [2.24, 2.45) is 5.41 Å². The van der Waals surface area contributed by atoms with Gasteiger partial charge in [-0.25, -0.2) is 0 Å². The Bertz CT molecular complexity index is 1030. The Hall–Kier alpha value is -2.15. The molecule has 6 aliphatic rings. The first-order valence-corrected chi connectivity index (χ1v) is 12.2. The summed E-state index contributed by atoms with van der Waals surface area (Å²) in [5, 5.41) is 0. The highest BCUT2D eigenvalue weighted by Crippen LogP contribution is 2.75. The van der Waals surface area contributed by atoms with Crippen LogP contribution in [0.3, 0.4) is 0 Å². The second-order valence-electron chi connectivity index (χ2n) is 10.6. The highest BCUT2D eigenvalue weighted by Gasteiger charge is 2.82. The van der Waals surface area contributed by atoms with Crippen LogP contribution in [0.5, 0.6) is 17.2 Å². The lowest BCUT2D eigenvalue weighted by atomic mass is 9.50. The molecule has 2 spiro atoms. The number of carbonyl (C=O) groups is 1. The van der Waals surface area contributed by atoms with Crippen molar-refractivity contribution < 1.29 is 23.7 Å². The number of rotatable bonds is 3. The van der Waals surface area contributed by atoms with E-state index in [1.165, 1.54) is 5.56 Å². The molecule has 7 nitrogen and oxygen atoms in total. The maximum atomic E-state index is 13.0. The van der Waals surface area contributed by atoms with Gasteiger partial charge in [-0.1, -0.05) is 6.92 Å². The van der Waals surface area contributed by atoms with Crippen LogP contribution in [0.15, 0.2) is 6.07 Å². The smallest absolute Gasteiger partial charge is 0.308 e. The van der Waals surface area contributed by atoms with Gasteiger partial charge in [0.2, 0.25) is 5.75 Å². The van der Waals surface area contributed by atoms with E-state index in [-0.39, 0.29) is 16.8 Å². The Morgan fingerprint density at radius 2 is 2.06 bits per heavy atom. The van der Waals surface area contributed by atoms with Crippen molar-refractivity contribution in [3.63, 3.8) is 0 Å². The topological polar surface area (TPSA) is 60.5 Å². The minimum atomic E-state index is -0.554. The Morgan fingerprint density at radius 1 is 1.19 bits per heavy atom. The van der Waals surface area contributed by atoms with Gasteiger partial charge >= 0.3 is 5.97 Å². The van der Waals surface area contributed by atoms with Crippen molar-refractivity contribution in [1.29, 1.82) is 0 Å². The molecule has 1 aliphatic carbocycles. The molecular formula is C25H32N2O5. The molecule has 7 rings (SSSR count). The SMILES string of the molecule is CCC1COc2c(OC)c(OC)cc3c2N1C1CCC24CCCN5CCC31C52OC(=O)C4.